The van der Waals surface area contributed by atoms with Crippen molar-refractivity contribution in [3.05, 3.63) is 82.3 Å². The fourth-order valence-electron chi connectivity index (χ4n) is 2.89. The molecule has 0 saturated carbocycles. The van der Waals surface area contributed by atoms with Crippen LogP contribution in [0.3, 0.4) is 0 Å². The van der Waals surface area contributed by atoms with Crippen molar-refractivity contribution in [1.82, 2.24) is 19.9 Å². The number of hydrogen-bond acceptors (Lipinski definition) is 4. The molecular formula is C21H22N4O2. The van der Waals surface area contributed by atoms with Crippen LogP contribution in [-0.2, 0) is 6.42 Å². The van der Waals surface area contributed by atoms with Crippen LogP contribution in [0.4, 0.5) is 0 Å². The molecule has 2 aromatic heterocycles. The number of hydrogen-bond donors (Lipinski definition) is 1. The van der Waals surface area contributed by atoms with Crippen LogP contribution in [0, 0.1) is 6.92 Å². The molecule has 0 aliphatic carbocycles. The van der Waals surface area contributed by atoms with Gasteiger partial charge in [-0.15, -0.1) is 0 Å². The third-order valence-corrected chi connectivity index (χ3v) is 4.57. The first kappa shape index (κ1) is 18.5. The van der Waals surface area contributed by atoms with Gasteiger partial charge in [0.2, 0.25) is 0 Å². The van der Waals surface area contributed by atoms with Gasteiger partial charge >= 0.3 is 5.69 Å². The molecule has 1 aromatic carbocycles. The van der Waals surface area contributed by atoms with Gasteiger partial charge in [-0.3, -0.25) is 9.78 Å². The predicted molar refractivity (Wildman–Crippen MR) is 105 cm³/mol. The van der Waals surface area contributed by atoms with Crippen molar-refractivity contribution in [3.63, 3.8) is 0 Å². The second kappa shape index (κ2) is 7.95. The zero-order valence-electron chi connectivity index (χ0n) is 15.6. The maximum atomic E-state index is 12.9. The lowest BCUT2D eigenvalue weighted by molar-refractivity contribution is 0.0743. The smallest absolute Gasteiger partial charge is 0.339 e. The summed E-state index contributed by atoms with van der Waals surface area (Å²) in [7, 11) is 1.80. The van der Waals surface area contributed by atoms with E-state index in [2.05, 4.69) is 15.0 Å². The fourth-order valence-corrected chi connectivity index (χ4v) is 2.89. The number of likely N-dealkylation sites (N-methyl/N-ethyl adjacent to an activating group) is 1. The molecule has 2 heterocycles. The molecule has 6 nitrogen and oxygen atoms in total. The number of aromatic amines is 1. The van der Waals surface area contributed by atoms with Crippen LogP contribution in [-0.4, -0.2) is 38.8 Å². The van der Waals surface area contributed by atoms with E-state index in [9.17, 15) is 9.59 Å². The van der Waals surface area contributed by atoms with Crippen LogP contribution in [0.2, 0.25) is 0 Å². The molecule has 0 aliphatic rings. The van der Waals surface area contributed by atoms with Crippen LogP contribution in [0.15, 0.2) is 59.8 Å². The Morgan fingerprint density at radius 3 is 2.70 bits per heavy atom. The van der Waals surface area contributed by atoms with E-state index in [0.29, 0.717) is 12.0 Å². The van der Waals surface area contributed by atoms with E-state index in [4.69, 9.17) is 0 Å². The number of aromatic nitrogens is 3. The number of aryl methyl sites for hydroxylation is 1. The van der Waals surface area contributed by atoms with Gasteiger partial charge in [0, 0.05) is 54.9 Å². The fraction of sp³-hybridized carbons (Fsp3) is 0.238. The number of carbonyl (C=O) groups is 1. The summed E-state index contributed by atoms with van der Waals surface area (Å²) in [6.45, 7) is 4.04. The van der Waals surface area contributed by atoms with Gasteiger partial charge in [-0.2, -0.15) is 0 Å². The Kier molecular flexibility index (Phi) is 5.45. The number of amides is 1. The highest BCUT2D eigenvalue weighted by Gasteiger charge is 2.19. The Labute approximate surface area is 157 Å². The lowest BCUT2D eigenvalue weighted by Gasteiger charge is -2.25. The second-order valence-corrected chi connectivity index (χ2v) is 6.68. The minimum Gasteiger partial charge on any atom is -0.339 e. The Morgan fingerprint density at radius 1 is 1.19 bits per heavy atom. The quantitative estimate of drug-likeness (QED) is 0.757. The molecule has 0 bridgehead atoms. The third kappa shape index (κ3) is 4.47. The van der Waals surface area contributed by atoms with E-state index in [-0.39, 0.29) is 11.9 Å². The van der Waals surface area contributed by atoms with Crippen molar-refractivity contribution in [3.8, 4) is 11.1 Å². The lowest BCUT2D eigenvalue weighted by Crippen LogP contribution is -2.36. The molecule has 6 heteroatoms. The van der Waals surface area contributed by atoms with Gasteiger partial charge in [-0.1, -0.05) is 12.1 Å². The zero-order chi connectivity index (χ0) is 19.4. The Hall–Kier alpha value is -3.28. The van der Waals surface area contributed by atoms with Gasteiger partial charge in [-0.25, -0.2) is 9.78 Å². The van der Waals surface area contributed by atoms with Gasteiger partial charge < -0.3 is 9.88 Å². The maximum Gasteiger partial charge on any atom is 0.344 e. The molecule has 0 aliphatic heterocycles. The molecule has 1 amide bonds. The summed E-state index contributed by atoms with van der Waals surface area (Å²) >= 11 is 0. The van der Waals surface area contributed by atoms with Crippen LogP contribution in [0.1, 0.15) is 28.5 Å². The number of nitrogens with zero attached hydrogens (tertiary/aromatic N) is 3. The molecular weight excluding hydrogens is 340 g/mol. The van der Waals surface area contributed by atoms with Gasteiger partial charge in [0.05, 0.1) is 0 Å². The lowest BCUT2D eigenvalue weighted by atomic mass is 10.0. The highest BCUT2D eigenvalue weighted by atomic mass is 16.2. The number of rotatable bonds is 5. The Bertz CT molecular complexity index is 992. The van der Waals surface area contributed by atoms with Crippen molar-refractivity contribution >= 4 is 5.91 Å². The topological polar surface area (TPSA) is 79.0 Å². The average molecular weight is 362 g/mol. The van der Waals surface area contributed by atoms with E-state index >= 15 is 0 Å². The molecule has 1 N–H and O–H groups in total. The van der Waals surface area contributed by atoms with Crippen LogP contribution in [0.25, 0.3) is 11.1 Å². The Morgan fingerprint density at radius 2 is 2.00 bits per heavy atom. The summed E-state index contributed by atoms with van der Waals surface area (Å²) in [6, 6.07) is 11.3. The molecule has 138 valence electrons. The van der Waals surface area contributed by atoms with Gasteiger partial charge in [0.25, 0.3) is 5.91 Å². The first-order valence-electron chi connectivity index (χ1n) is 8.78. The van der Waals surface area contributed by atoms with E-state index in [1.807, 2.05) is 44.2 Å². The summed E-state index contributed by atoms with van der Waals surface area (Å²) in [5, 5.41) is 0. The van der Waals surface area contributed by atoms with Gasteiger partial charge in [0.1, 0.15) is 0 Å². The highest BCUT2D eigenvalue weighted by Crippen LogP contribution is 2.19. The zero-order valence-corrected chi connectivity index (χ0v) is 15.6. The summed E-state index contributed by atoms with van der Waals surface area (Å²) in [5.74, 6) is -0.0608. The number of nitrogens with one attached hydrogen (secondary N) is 1. The summed E-state index contributed by atoms with van der Waals surface area (Å²) in [5.41, 5.74) is 3.89. The van der Waals surface area contributed by atoms with Crippen molar-refractivity contribution in [2.24, 2.45) is 0 Å². The third-order valence-electron chi connectivity index (χ3n) is 4.57. The molecule has 0 saturated heterocycles. The largest absolute Gasteiger partial charge is 0.344 e. The van der Waals surface area contributed by atoms with E-state index in [1.54, 1.807) is 30.4 Å². The molecule has 27 heavy (non-hydrogen) atoms. The van der Waals surface area contributed by atoms with E-state index < -0.39 is 5.69 Å². The minimum absolute atomic E-state index is 0.00482. The SMILES string of the molecule is Cc1ccnc(CC(C)N(C)C(=O)c2cccc(-c3cnc(=O)[nH]c3)c2)c1. The monoisotopic (exact) mass is 362 g/mol. The summed E-state index contributed by atoms with van der Waals surface area (Å²) in [6.07, 6.45) is 5.57. The standard InChI is InChI=1S/C21H22N4O2/c1-14-7-8-22-19(9-14)10-15(2)25(3)20(26)17-6-4-5-16(11-17)18-12-23-21(27)24-13-18/h4-9,11-13,15H,10H2,1-3H3,(H,23,24,27). The van der Waals surface area contributed by atoms with Crippen LogP contribution >= 0.6 is 0 Å². The Balaban J connectivity index is 1.77. The van der Waals surface area contributed by atoms with Crippen molar-refractivity contribution in [2.75, 3.05) is 7.05 Å². The number of pyridine rings is 1. The van der Waals surface area contributed by atoms with Crippen molar-refractivity contribution in [2.45, 2.75) is 26.3 Å². The van der Waals surface area contributed by atoms with Crippen LogP contribution < -0.4 is 5.69 Å². The number of benzene rings is 1. The van der Waals surface area contributed by atoms with Gasteiger partial charge in [-0.05, 0) is 49.2 Å². The first-order valence-corrected chi connectivity index (χ1v) is 8.78. The first-order chi connectivity index (χ1) is 12.9. The molecule has 3 rings (SSSR count). The number of H-pyrrole nitrogens is 1. The molecule has 3 aromatic rings. The normalized spacial score (nSPS) is 11.8. The van der Waals surface area contributed by atoms with Crippen LogP contribution in [0.5, 0.6) is 0 Å². The van der Waals surface area contributed by atoms with Crippen molar-refractivity contribution in [1.29, 1.82) is 0 Å². The van der Waals surface area contributed by atoms with E-state index in [1.165, 1.54) is 6.20 Å². The summed E-state index contributed by atoms with van der Waals surface area (Å²) < 4.78 is 0. The second-order valence-electron chi connectivity index (χ2n) is 6.68. The molecule has 1 unspecified atom stereocenters. The highest BCUT2D eigenvalue weighted by molar-refractivity contribution is 5.95. The van der Waals surface area contributed by atoms with E-state index in [0.717, 1.165) is 22.4 Å². The molecule has 0 radical (unpaired) electrons. The maximum absolute atomic E-state index is 12.9. The average Bonchev–Trinajstić information content (AvgIpc) is 2.67. The van der Waals surface area contributed by atoms with Crippen molar-refractivity contribution < 1.29 is 4.79 Å². The molecule has 1 atom stereocenters. The van der Waals surface area contributed by atoms with Gasteiger partial charge in [0.15, 0.2) is 0 Å². The predicted octanol–water partition coefficient (Wildman–Crippen LogP) is 2.84. The molecule has 0 fully saturated rings. The molecule has 0 spiro atoms. The number of carbonyl (C=O) groups excluding carboxylic acids is 1. The minimum atomic E-state index is -0.399. The summed E-state index contributed by atoms with van der Waals surface area (Å²) in [4.78, 5) is 36.4.